The fourth-order valence-corrected chi connectivity index (χ4v) is 2.30. The molecule has 0 saturated carbocycles. The van der Waals surface area contributed by atoms with Crippen molar-refractivity contribution < 1.29 is 14.3 Å². The van der Waals surface area contributed by atoms with E-state index in [1.807, 2.05) is 12.1 Å². The van der Waals surface area contributed by atoms with E-state index in [4.69, 9.17) is 9.47 Å². The Bertz CT molecular complexity index is 591. The van der Waals surface area contributed by atoms with E-state index in [2.05, 4.69) is 32.9 Å². The maximum Gasteiger partial charge on any atom is 0.224 e. The molecule has 1 aromatic carbocycles. The Labute approximate surface area is 145 Å². The van der Waals surface area contributed by atoms with Gasteiger partial charge in [-0.05, 0) is 33.6 Å². The number of hydrogen-bond acceptors (Lipinski definition) is 3. The van der Waals surface area contributed by atoms with E-state index in [1.54, 1.807) is 32.1 Å². The quantitative estimate of drug-likeness (QED) is 0.645. The average molecular weight is 331 g/mol. The zero-order chi connectivity index (χ0) is 18.1. The molecule has 1 aromatic rings. The number of hydrogen-bond donors (Lipinski definition) is 0. The van der Waals surface area contributed by atoms with E-state index in [0.29, 0.717) is 18.0 Å². The van der Waals surface area contributed by atoms with Crippen LogP contribution in [0.15, 0.2) is 41.5 Å². The van der Waals surface area contributed by atoms with Gasteiger partial charge in [-0.3, -0.25) is 4.79 Å². The van der Waals surface area contributed by atoms with Gasteiger partial charge in [-0.25, -0.2) is 0 Å². The second kappa shape index (κ2) is 9.81. The van der Waals surface area contributed by atoms with Crippen LogP contribution in [0.4, 0.5) is 5.69 Å². The zero-order valence-corrected chi connectivity index (χ0v) is 15.7. The fourth-order valence-electron chi connectivity index (χ4n) is 2.30. The second-order valence-corrected chi connectivity index (χ2v) is 6.07. The van der Waals surface area contributed by atoms with Gasteiger partial charge in [0.2, 0.25) is 5.91 Å². The predicted molar refractivity (Wildman–Crippen MR) is 100.0 cm³/mol. The minimum absolute atomic E-state index is 0.0151. The Morgan fingerprint density at radius 1 is 1.00 bits per heavy atom. The van der Waals surface area contributed by atoms with E-state index in [9.17, 15) is 4.79 Å². The van der Waals surface area contributed by atoms with E-state index < -0.39 is 0 Å². The highest BCUT2D eigenvalue weighted by Gasteiger charge is 2.13. The summed E-state index contributed by atoms with van der Waals surface area (Å²) < 4.78 is 10.6. The molecule has 1 amide bonds. The molecular formula is C20H29NO3. The summed E-state index contributed by atoms with van der Waals surface area (Å²) in [4.78, 5) is 13.8. The number of carbonyl (C=O) groups is 1. The van der Waals surface area contributed by atoms with Crippen molar-refractivity contribution in [1.29, 1.82) is 0 Å². The van der Waals surface area contributed by atoms with Crippen molar-refractivity contribution >= 4 is 11.6 Å². The van der Waals surface area contributed by atoms with Gasteiger partial charge in [0.1, 0.15) is 11.5 Å². The Hall–Kier alpha value is -2.23. The third-order valence-electron chi connectivity index (χ3n) is 3.74. The van der Waals surface area contributed by atoms with E-state index in [-0.39, 0.29) is 5.91 Å². The number of rotatable bonds is 8. The van der Waals surface area contributed by atoms with Crippen molar-refractivity contribution in [3.63, 3.8) is 0 Å². The second-order valence-electron chi connectivity index (χ2n) is 6.07. The summed E-state index contributed by atoms with van der Waals surface area (Å²) in [7, 11) is 3.20. The Morgan fingerprint density at radius 2 is 1.58 bits per heavy atom. The number of allylic oxidation sites excluding steroid dienone is 3. The number of methoxy groups -OCH3 is 2. The lowest BCUT2D eigenvalue weighted by Gasteiger charge is -2.21. The number of carbonyl (C=O) groups excluding carboxylic acids is 1. The number of nitrogens with zero attached hydrogens (tertiary/aromatic N) is 1. The van der Waals surface area contributed by atoms with Crippen LogP contribution >= 0.6 is 0 Å². The molecule has 0 aliphatic rings. The lowest BCUT2D eigenvalue weighted by atomic mass is 10.1. The molecule has 132 valence electrons. The third-order valence-corrected chi connectivity index (χ3v) is 3.74. The van der Waals surface area contributed by atoms with Crippen molar-refractivity contribution in [2.45, 2.75) is 40.5 Å². The summed E-state index contributed by atoms with van der Waals surface area (Å²) in [5.74, 6) is 1.32. The van der Waals surface area contributed by atoms with Gasteiger partial charge in [0.25, 0.3) is 0 Å². The molecular weight excluding hydrogens is 302 g/mol. The van der Waals surface area contributed by atoms with Crippen molar-refractivity contribution in [2.24, 2.45) is 0 Å². The Balaban J connectivity index is 2.91. The molecule has 4 heteroatoms. The molecule has 24 heavy (non-hydrogen) atoms. The number of benzene rings is 1. The van der Waals surface area contributed by atoms with Gasteiger partial charge in [0.15, 0.2) is 0 Å². The van der Waals surface area contributed by atoms with E-state index >= 15 is 0 Å². The van der Waals surface area contributed by atoms with Crippen molar-refractivity contribution in [3.05, 3.63) is 41.5 Å². The van der Waals surface area contributed by atoms with Gasteiger partial charge < -0.3 is 14.4 Å². The Kier molecular flexibility index (Phi) is 8.10. The summed E-state index contributed by atoms with van der Waals surface area (Å²) in [5, 5.41) is 0. The minimum Gasteiger partial charge on any atom is -0.497 e. The first-order valence-corrected chi connectivity index (χ1v) is 8.17. The van der Waals surface area contributed by atoms with Crippen molar-refractivity contribution in [2.75, 3.05) is 25.7 Å². The fraction of sp³-hybridized carbons (Fsp3) is 0.450. The molecule has 0 aliphatic heterocycles. The lowest BCUT2D eigenvalue weighted by molar-refractivity contribution is -0.116. The van der Waals surface area contributed by atoms with Crippen LogP contribution in [0.1, 0.15) is 40.5 Å². The van der Waals surface area contributed by atoms with Crippen molar-refractivity contribution in [3.8, 4) is 11.5 Å². The van der Waals surface area contributed by atoms with Crippen LogP contribution < -0.4 is 14.4 Å². The molecule has 0 atom stereocenters. The maximum absolute atomic E-state index is 12.1. The molecule has 0 N–H and O–H groups in total. The third kappa shape index (κ3) is 6.49. The highest BCUT2D eigenvalue weighted by Crippen LogP contribution is 2.28. The van der Waals surface area contributed by atoms with E-state index in [1.165, 1.54) is 11.1 Å². The molecule has 0 unspecified atom stereocenters. The van der Waals surface area contributed by atoms with Gasteiger partial charge in [-0.1, -0.05) is 23.3 Å². The molecule has 1 rings (SSSR count). The number of anilines is 1. The normalized spacial score (nSPS) is 11.0. The van der Waals surface area contributed by atoms with Gasteiger partial charge in [0, 0.05) is 31.7 Å². The lowest BCUT2D eigenvalue weighted by Crippen LogP contribution is -2.28. The Morgan fingerprint density at radius 3 is 2.04 bits per heavy atom. The van der Waals surface area contributed by atoms with Gasteiger partial charge >= 0.3 is 0 Å². The highest BCUT2D eigenvalue weighted by atomic mass is 16.5. The number of ether oxygens (including phenoxy) is 2. The molecule has 0 spiro atoms. The minimum atomic E-state index is -0.0151. The van der Waals surface area contributed by atoms with Crippen LogP contribution in [0.25, 0.3) is 0 Å². The first-order valence-electron chi connectivity index (χ1n) is 8.17. The molecule has 0 fully saturated rings. The largest absolute Gasteiger partial charge is 0.497 e. The summed E-state index contributed by atoms with van der Waals surface area (Å²) in [6, 6.07) is 5.48. The molecule has 0 aliphatic carbocycles. The smallest absolute Gasteiger partial charge is 0.224 e. The van der Waals surface area contributed by atoms with Crippen LogP contribution in [-0.4, -0.2) is 26.7 Å². The van der Waals surface area contributed by atoms with Crippen LogP contribution in [0.2, 0.25) is 0 Å². The first kappa shape index (κ1) is 19.8. The zero-order valence-electron chi connectivity index (χ0n) is 15.7. The monoisotopic (exact) mass is 331 g/mol. The van der Waals surface area contributed by atoms with Gasteiger partial charge in [-0.2, -0.15) is 0 Å². The standard InChI is InChI=1S/C20H29NO3/c1-15(2)8-7-9-16(3)10-11-21(17(4)22)18-12-19(23-5)14-20(13-18)24-6/h8,10,12-14H,7,9,11H2,1-6H3/b16-10+. The van der Waals surface area contributed by atoms with Crippen LogP contribution in [0, 0.1) is 0 Å². The maximum atomic E-state index is 12.1. The number of amides is 1. The highest BCUT2D eigenvalue weighted by molar-refractivity contribution is 5.92. The van der Waals surface area contributed by atoms with Crippen LogP contribution in [0.5, 0.6) is 11.5 Å². The topological polar surface area (TPSA) is 38.8 Å². The van der Waals surface area contributed by atoms with E-state index in [0.717, 1.165) is 18.5 Å². The molecule has 0 bridgehead atoms. The molecule has 0 aromatic heterocycles. The van der Waals surface area contributed by atoms with Gasteiger partial charge in [0.05, 0.1) is 19.9 Å². The molecule has 0 radical (unpaired) electrons. The van der Waals surface area contributed by atoms with Crippen molar-refractivity contribution in [1.82, 2.24) is 0 Å². The van der Waals surface area contributed by atoms with Crippen LogP contribution in [0.3, 0.4) is 0 Å². The summed E-state index contributed by atoms with van der Waals surface area (Å²) in [6.45, 7) is 8.41. The van der Waals surface area contributed by atoms with Crippen LogP contribution in [-0.2, 0) is 4.79 Å². The summed E-state index contributed by atoms with van der Waals surface area (Å²) in [6.07, 6.45) is 6.36. The summed E-state index contributed by atoms with van der Waals surface area (Å²) in [5.41, 5.74) is 3.37. The molecule has 4 nitrogen and oxygen atoms in total. The molecule has 0 saturated heterocycles. The summed E-state index contributed by atoms with van der Waals surface area (Å²) >= 11 is 0. The molecule has 0 heterocycles. The van der Waals surface area contributed by atoms with Gasteiger partial charge in [-0.15, -0.1) is 0 Å². The predicted octanol–water partition coefficient (Wildman–Crippen LogP) is 4.75. The SMILES string of the molecule is COc1cc(OC)cc(N(C/C=C(\C)CCC=C(C)C)C(C)=O)c1. The average Bonchev–Trinajstić information content (AvgIpc) is 2.53. The first-order chi connectivity index (χ1) is 11.4.